The first-order chi connectivity index (χ1) is 18.6. The van der Waals surface area contributed by atoms with Crippen molar-refractivity contribution < 1.29 is 0 Å². The molecule has 0 saturated carbocycles. The van der Waals surface area contributed by atoms with Crippen molar-refractivity contribution in [1.82, 2.24) is 9.88 Å². The third-order valence-electron chi connectivity index (χ3n) is 7.76. The average Bonchev–Trinajstić information content (AvgIpc) is 3.29. The van der Waals surface area contributed by atoms with E-state index in [-0.39, 0.29) is 0 Å². The number of para-hydroxylation sites is 1. The molecule has 0 bridgehead atoms. The summed E-state index contributed by atoms with van der Waals surface area (Å²) in [5, 5.41) is 3.52. The zero-order valence-corrected chi connectivity index (χ0v) is 24.1. The molecule has 0 spiro atoms. The first-order valence-corrected chi connectivity index (χ1v) is 14.8. The van der Waals surface area contributed by atoms with Crippen LogP contribution in [0.5, 0.6) is 0 Å². The Morgan fingerprint density at radius 3 is 2.42 bits per heavy atom. The van der Waals surface area contributed by atoms with Crippen molar-refractivity contribution in [3.63, 3.8) is 0 Å². The second-order valence-electron chi connectivity index (χ2n) is 10.7. The third kappa shape index (κ3) is 7.08. The van der Waals surface area contributed by atoms with Crippen molar-refractivity contribution in [2.45, 2.75) is 72.6 Å². The van der Waals surface area contributed by atoms with Crippen molar-refractivity contribution in [3.05, 3.63) is 83.2 Å². The van der Waals surface area contributed by atoms with Gasteiger partial charge in [0.15, 0.2) is 0 Å². The molecule has 2 aliphatic heterocycles. The molecular formula is C35H47N3. The number of allylic oxidation sites excluding steroid dienone is 2. The van der Waals surface area contributed by atoms with Gasteiger partial charge < -0.3 is 15.2 Å². The van der Waals surface area contributed by atoms with E-state index in [1.54, 1.807) is 0 Å². The molecule has 3 heteroatoms. The summed E-state index contributed by atoms with van der Waals surface area (Å²) < 4.78 is 0. The Balaban J connectivity index is 0.000000283. The molecule has 2 aromatic carbocycles. The van der Waals surface area contributed by atoms with Gasteiger partial charge in [-0.1, -0.05) is 81.3 Å². The van der Waals surface area contributed by atoms with Gasteiger partial charge in [-0.05, 0) is 94.4 Å². The highest BCUT2D eigenvalue weighted by Gasteiger charge is 2.19. The van der Waals surface area contributed by atoms with Crippen LogP contribution in [0.25, 0.3) is 28.3 Å². The summed E-state index contributed by atoms with van der Waals surface area (Å²) >= 11 is 0. The number of nitrogens with zero attached hydrogens (tertiary/aromatic N) is 1. The minimum Gasteiger partial charge on any atom is -0.384 e. The summed E-state index contributed by atoms with van der Waals surface area (Å²) in [6, 6.07) is 19.4. The van der Waals surface area contributed by atoms with E-state index in [1.807, 2.05) is 0 Å². The summed E-state index contributed by atoms with van der Waals surface area (Å²) in [6.07, 6.45) is 13.8. The Bertz CT molecular complexity index is 1210. The number of fused-ring (bicyclic) bond motifs is 1. The van der Waals surface area contributed by atoms with Crippen LogP contribution < -0.4 is 5.32 Å². The lowest BCUT2D eigenvalue weighted by Crippen LogP contribution is -2.30. The number of aromatic nitrogens is 1. The molecule has 2 aliphatic rings. The molecule has 202 valence electrons. The van der Waals surface area contributed by atoms with Gasteiger partial charge in [0, 0.05) is 40.3 Å². The maximum Gasteiger partial charge on any atom is 0.0471 e. The Morgan fingerprint density at radius 2 is 1.68 bits per heavy atom. The highest BCUT2D eigenvalue weighted by Crippen LogP contribution is 2.39. The Hall–Kier alpha value is -3.04. The number of aryl methyl sites for hydroxylation is 1. The molecule has 1 aromatic heterocycles. The predicted octanol–water partition coefficient (Wildman–Crippen LogP) is 9.43. The molecule has 0 atom stereocenters. The van der Waals surface area contributed by atoms with Gasteiger partial charge in [-0.2, -0.15) is 0 Å². The van der Waals surface area contributed by atoms with Gasteiger partial charge in [-0.3, -0.25) is 0 Å². The van der Waals surface area contributed by atoms with Crippen molar-refractivity contribution in [2.75, 3.05) is 31.5 Å². The monoisotopic (exact) mass is 509 g/mol. The van der Waals surface area contributed by atoms with Crippen molar-refractivity contribution >= 4 is 22.9 Å². The number of likely N-dealkylation sites (tertiary alicyclic amines) is 1. The normalized spacial score (nSPS) is 16.9. The fourth-order valence-electron chi connectivity index (χ4n) is 5.84. The molecule has 1 saturated heterocycles. The molecule has 0 amide bonds. The molecule has 2 N–H and O–H groups in total. The lowest BCUT2D eigenvalue weighted by atomic mass is 9.92. The van der Waals surface area contributed by atoms with Crippen LogP contribution in [0.1, 0.15) is 88.2 Å². The van der Waals surface area contributed by atoms with Gasteiger partial charge in [0.1, 0.15) is 0 Å². The van der Waals surface area contributed by atoms with Gasteiger partial charge in [0.2, 0.25) is 0 Å². The molecule has 0 radical (unpaired) electrons. The van der Waals surface area contributed by atoms with Gasteiger partial charge in [-0.25, -0.2) is 0 Å². The number of aromatic amines is 1. The van der Waals surface area contributed by atoms with Crippen LogP contribution in [0.2, 0.25) is 0 Å². The second kappa shape index (κ2) is 14.2. The molecule has 3 heterocycles. The zero-order chi connectivity index (χ0) is 26.7. The quantitative estimate of drug-likeness (QED) is 0.332. The van der Waals surface area contributed by atoms with Crippen LogP contribution >= 0.6 is 0 Å². The van der Waals surface area contributed by atoms with E-state index < -0.39 is 0 Å². The number of nitrogens with one attached hydrogen (secondary N) is 2. The maximum atomic E-state index is 3.69. The Kier molecular flexibility index (Phi) is 10.5. The number of H-pyrrole nitrogens is 1. The van der Waals surface area contributed by atoms with Crippen LogP contribution in [0, 0.1) is 6.92 Å². The molecule has 0 unspecified atom stereocenters. The average molecular weight is 510 g/mol. The van der Waals surface area contributed by atoms with Crippen LogP contribution in [0.15, 0.2) is 60.7 Å². The summed E-state index contributed by atoms with van der Waals surface area (Å²) in [5.41, 5.74) is 11.6. The smallest absolute Gasteiger partial charge is 0.0471 e. The lowest BCUT2D eigenvalue weighted by molar-refractivity contribution is 0.226. The topological polar surface area (TPSA) is 31.1 Å². The molecular weight excluding hydrogens is 462 g/mol. The largest absolute Gasteiger partial charge is 0.384 e. The van der Waals surface area contributed by atoms with Crippen LogP contribution in [-0.4, -0.2) is 36.1 Å². The number of hydrogen-bond acceptors (Lipinski definition) is 2. The molecule has 1 fully saturated rings. The predicted molar refractivity (Wildman–Crippen MR) is 168 cm³/mol. The van der Waals surface area contributed by atoms with Gasteiger partial charge in [0.05, 0.1) is 0 Å². The summed E-state index contributed by atoms with van der Waals surface area (Å²) in [7, 11) is 0. The molecule has 38 heavy (non-hydrogen) atoms. The van der Waals surface area contributed by atoms with E-state index in [9.17, 15) is 0 Å². The highest BCUT2D eigenvalue weighted by molar-refractivity contribution is 5.94. The first-order valence-electron chi connectivity index (χ1n) is 14.8. The number of benzene rings is 2. The summed E-state index contributed by atoms with van der Waals surface area (Å²) in [4.78, 5) is 6.30. The number of anilines is 1. The fraction of sp³-hybridized carbons (Fsp3) is 0.429. The van der Waals surface area contributed by atoms with E-state index in [2.05, 4.69) is 110 Å². The van der Waals surface area contributed by atoms with Crippen molar-refractivity contribution in [1.29, 1.82) is 0 Å². The maximum absolute atomic E-state index is 3.69. The SMILES string of the molecule is CC/C=C(/C)c1c(C)[nH]c(/C=C2\CCNc3ccccc32)c1-c1ccccc1.CCCCN1CCCCC1. The Morgan fingerprint density at radius 1 is 0.947 bits per heavy atom. The molecule has 0 aliphatic carbocycles. The number of unbranched alkanes of at least 4 members (excludes halogenated alkanes) is 1. The van der Waals surface area contributed by atoms with Crippen LogP contribution in [-0.2, 0) is 0 Å². The van der Waals surface area contributed by atoms with E-state index in [1.165, 1.54) is 102 Å². The van der Waals surface area contributed by atoms with Gasteiger partial charge in [0.25, 0.3) is 0 Å². The van der Waals surface area contributed by atoms with Crippen LogP contribution in [0.4, 0.5) is 5.69 Å². The fourth-order valence-corrected chi connectivity index (χ4v) is 5.84. The van der Waals surface area contributed by atoms with E-state index in [4.69, 9.17) is 0 Å². The zero-order valence-electron chi connectivity index (χ0n) is 24.1. The number of hydrogen-bond donors (Lipinski definition) is 2. The summed E-state index contributed by atoms with van der Waals surface area (Å²) in [5.74, 6) is 0. The third-order valence-corrected chi connectivity index (χ3v) is 7.76. The van der Waals surface area contributed by atoms with Gasteiger partial charge >= 0.3 is 0 Å². The molecule has 5 rings (SSSR count). The standard InChI is InChI=1S/C26H28N2.C9H19N/c1-4-10-18(2)25-19(3)28-24(26(25)20-11-6-5-7-12-20)17-21-15-16-27-23-14-9-8-13-22(21)23;1-2-3-7-10-8-5-4-6-9-10/h5-14,17,27-28H,4,15-16H2,1-3H3;2-9H2,1H3/b18-10-,21-17+;. The van der Waals surface area contributed by atoms with Gasteiger partial charge in [-0.15, -0.1) is 0 Å². The van der Waals surface area contributed by atoms with E-state index in [0.717, 1.165) is 19.4 Å². The molecule has 3 nitrogen and oxygen atoms in total. The first kappa shape index (κ1) is 28.0. The molecule has 3 aromatic rings. The van der Waals surface area contributed by atoms with Crippen molar-refractivity contribution in [3.8, 4) is 11.1 Å². The lowest BCUT2D eigenvalue weighted by Gasteiger charge is -2.25. The van der Waals surface area contributed by atoms with Crippen LogP contribution in [0.3, 0.4) is 0 Å². The Labute approximate surface area is 231 Å². The van der Waals surface area contributed by atoms with E-state index >= 15 is 0 Å². The minimum atomic E-state index is 0.977. The number of piperidine rings is 1. The van der Waals surface area contributed by atoms with Crippen molar-refractivity contribution in [2.24, 2.45) is 0 Å². The highest BCUT2D eigenvalue weighted by atomic mass is 15.1. The van der Waals surface area contributed by atoms with E-state index in [0.29, 0.717) is 0 Å². The number of rotatable bonds is 7. The minimum absolute atomic E-state index is 0.977. The summed E-state index contributed by atoms with van der Waals surface area (Å²) in [6.45, 7) is 13.9. The second-order valence-corrected chi connectivity index (χ2v) is 10.7.